The average molecular weight is 387 g/mol. The molecule has 3 aromatic rings. The molecule has 6 nitrogen and oxygen atoms in total. The molecule has 0 saturated carbocycles. The van der Waals surface area contributed by atoms with Crippen LogP contribution in [0, 0.1) is 0 Å². The number of fused-ring (bicyclic) bond motifs is 2. The molecule has 0 unspecified atom stereocenters. The first-order valence-electron chi connectivity index (χ1n) is 8.20. The fourth-order valence-corrected chi connectivity index (χ4v) is 4.30. The zero-order valence-corrected chi connectivity index (χ0v) is 15.7. The molecule has 3 heterocycles. The summed E-state index contributed by atoms with van der Waals surface area (Å²) < 4.78 is 11.1. The van der Waals surface area contributed by atoms with E-state index in [1.807, 2.05) is 36.6 Å². The maximum Gasteiger partial charge on any atom is 0.230 e. The number of amides is 1. The second kappa shape index (κ2) is 7.51. The smallest absolute Gasteiger partial charge is 0.230 e. The molecule has 0 aliphatic carbocycles. The largest absolute Gasteiger partial charge is 0.486 e. The molecule has 0 bridgehead atoms. The summed E-state index contributed by atoms with van der Waals surface area (Å²) in [5.41, 5.74) is 0.981. The van der Waals surface area contributed by atoms with Crippen molar-refractivity contribution < 1.29 is 14.3 Å². The van der Waals surface area contributed by atoms with Crippen molar-refractivity contribution in [3.63, 3.8) is 0 Å². The second-order valence-electron chi connectivity index (χ2n) is 5.80. The van der Waals surface area contributed by atoms with E-state index in [9.17, 15) is 4.79 Å². The van der Waals surface area contributed by atoms with Gasteiger partial charge in [-0.15, -0.1) is 11.3 Å². The Morgan fingerprint density at radius 1 is 1.27 bits per heavy atom. The predicted molar refractivity (Wildman–Crippen MR) is 102 cm³/mol. The number of thiophene rings is 1. The monoisotopic (exact) mass is 387 g/mol. The first-order valence-corrected chi connectivity index (χ1v) is 10.1. The lowest BCUT2D eigenvalue weighted by Crippen LogP contribution is -2.28. The van der Waals surface area contributed by atoms with E-state index >= 15 is 0 Å². The second-order valence-corrected chi connectivity index (χ2v) is 7.66. The fraction of sp³-hybridized carbons (Fsp3) is 0.278. The number of rotatable bonds is 5. The van der Waals surface area contributed by atoms with Crippen molar-refractivity contribution >= 4 is 39.2 Å². The Morgan fingerprint density at radius 3 is 3.00 bits per heavy atom. The number of carbonyl (C=O) groups excluding carboxylic acids is 1. The molecule has 1 aliphatic rings. The van der Waals surface area contributed by atoms with Crippen LogP contribution in [0.4, 0.5) is 0 Å². The summed E-state index contributed by atoms with van der Waals surface area (Å²) in [5.74, 6) is 1.73. The van der Waals surface area contributed by atoms with E-state index in [1.54, 1.807) is 11.3 Å². The molecule has 0 spiro atoms. The molecule has 1 atom stereocenters. The lowest BCUT2D eigenvalue weighted by Gasteiger charge is -2.21. The Morgan fingerprint density at radius 2 is 2.12 bits per heavy atom. The molecule has 1 N–H and O–H groups in total. The van der Waals surface area contributed by atoms with Gasteiger partial charge in [-0.25, -0.2) is 9.97 Å². The summed E-state index contributed by atoms with van der Waals surface area (Å²) in [7, 11) is 0. The van der Waals surface area contributed by atoms with Gasteiger partial charge in [0.05, 0.1) is 11.8 Å². The molecular weight excluding hydrogens is 370 g/mol. The van der Waals surface area contributed by atoms with Crippen LogP contribution < -0.4 is 14.8 Å². The maximum atomic E-state index is 12.3. The topological polar surface area (TPSA) is 73.3 Å². The van der Waals surface area contributed by atoms with Gasteiger partial charge >= 0.3 is 0 Å². The highest BCUT2D eigenvalue weighted by atomic mass is 32.2. The summed E-state index contributed by atoms with van der Waals surface area (Å²) in [6.45, 7) is 3.07. The van der Waals surface area contributed by atoms with E-state index in [2.05, 4.69) is 15.3 Å². The van der Waals surface area contributed by atoms with Gasteiger partial charge < -0.3 is 14.8 Å². The van der Waals surface area contributed by atoms with Crippen LogP contribution in [0.25, 0.3) is 10.2 Å². The third-order valence-corrected chi connectivity index (χ3v) is 5.83. The van der Waals surface area contributed by atoms with Gasteiger partial charge in [0.15, 0.2) is 11.5 Å². The van der Waals surface area contributed by atoms with E-state index in [4.69, 9.17) is 9.47 Å². The van der Waals surface area contributed by atoms with Crippen molar-refractivity contribution in [1.82, 2.24) is 15.3 Å². The molecule has 26 heavy (non-hydrogen) atoms. The molecule has 1 amide bonds. The summed E-state index contributed by atoms with van der Waals surface area (Å²) in [6, 6.07) is 7.62. The number of nitrogens with zero attached hydrogens (tertiary/aromatic N) is 2. The third-order valence-electron chi connectivity index (χ3n) is 4.01. The zero-order valence-electron chi connectivity index (χ0n) is 14.1. The highest BCUT2D eigenvalue weighted by molar-refractivity contribution is 8.00. The highest BCUT2D eigenvalue weighted by Gasteiger charge is 2.16. The molecule has 1 aliphatic heterocycles. The number of benzene rings is 1. The summed E-state index contributed by atoms with van der Waals surface area (Å²) in [4.78, 5) is 21.8. The van der Waals surface area contributed by atoms with Crippen molar-refractivity contribution in [2.24, 2.45) is 0 Å². The van der Waals surface area contributed by atoms with Gasteiger partial charge in [-0.3, -0.25) is 4.79 Å². The lowest BCUT2D eigenvalue weighted by molar-refractivity contribution is -0.119. The van der Waals surface area contributed by atoms with Gasteiger partial charge in [0.1, 0.15) is 29.4 Å². The first-order chi connectivity index (χ1) is 12.7. The molecular formula is C18H17N3O3S2. The Labute approximate surface area is 158 Å². The number of carbonyl (C=O) groups is 1. The Kier molecular flexibility index (Phi) is 4.94. The summed E-state index contributed by atoms with van der Waals surface area (Å²) >= 11 is 2.99. The minimum Gasteiger partial charge on any atom is -0.486 e. The highest BCUT2D eigenvalue weighted by Crippen LogP contribution is 2.32. The van der Waals surface area contributed by atoms with Crippen molar-refractivity contribution in [3.8, 4) is 11.5 Å². The molecule has 1 aromatic carbocycles. The molecule has 0 saturated heterocycles. The number of hydrogen-bond acceptors (Lipinski definition) is 7. The SMILES string of the molecule is C[C@@H](NC(=O)CSc1ncnc2sccc12)c1ccc2c(c1)OCCO2. The van der Waals surface area contributed by atoms with Crippen LogP contribution in [0.5, 0.6) is 11.5 Å². The van der Waals surface area contributed by atoms with Gasteiger partial charge in [0.2, 0.25) is 5.91 Å². The average Bonchev–Trinajstić information content (AvgIpc) is 3.15. The molecule has 2 aromatic heterocycles. The number of thioether (sulfide) groups is 1. The van der Waals surface area contributed by atoms with Crippen molar-refractivity contribution in [1.29, 1.82) is 0 Å². The number of hydrogen-bond donors (Lipinski definition) is 1. The predicted octanol–water partition coefficient (Wildman–Crippen LogP) is 3.43. The Bertz CT molecular complexity index is 944. The third kappa shape index (κ3) is 3.61. The summed E-state index contributed by atoms with van der Waals surface area (Å²) in [6.07, 6.45) is 1.54. The van der Waals surface area contributed by atoms with Gasteiger partial charge in [-0.2, -0.15) is 0 Å². The Hall–Kier alpha value is -2.32. The minimum atomic E-state index is -0.120. The van der Waals surface area contributed by atoms with Gasteiger partial charge in [-0.1, -0.05) is 17.8 Å². The van der Waals surface area contributed by atoms with Crippen molar-refractivity contribution in [2.75, 3.05) is 19.0 Å². The van der Waals surface area contributed by atoms with Crippen LogP contribution in [0.3, 0.4) is 0 Å². The molecule has 0 radical (unpaired) electrons. The van der Waals surface area contributed by atoms with Crippen molar-refractivity contribution in [2.45, 2.75) is 18.0 Å². The van der Waals surface area contributed by atoms with Crippen LogP contribution in [0.15, 0.2) is 41.0 Å². The molecule has 8 heteroatoms. The van der Waals surface area contributed by atoms with Crippen LogP contribution in [0.2, 0.25) is 0 Å². The van der Waals surface area contributed by atoms with E-state index in [0.29, 0.717) is 19.0 Å². The van der Waals surface area contributed by atoms with E-state index in [0.717, 1.165) is 32.3 Å². The van der Waals surface area contributed by atoms with Crippen molar-refractivity contribution in [3.05, 3.63) is 41.5 Å². The fourth-order valence-electron chi connectivity index (χ4n) is 2.71. The molecule has 0 fully saturated rings. The first kappa shape index (κ1) is 17.1. The molecule has 134 valence electrons. The standard InChI is InChI=1S/C18H17N3O3S2/c1-11(12-2-3-14-15(8-12)24-6-5-23-14)21-16(22)9-26-18-13-4-7-25-17(13)19-10-20-18/h2-4,7-8,10-11H,5-6,9H2,1H3,(H,21,22)/t11-/m1/s1. The Balaban J connectivity index is 1.38. The summed E-state index contributed by atoms with van der Waals surface area (Å²) in [5, 5.41) is 6.83. The van der Waals surface area contributed by atoms with Crippen LogP contribution >= 0.6 is 23.1 Å². The maximum absolute atomic E-state index is 12.3. The van der Waals surface area contributed by atoms with E-state index < -0.39 is 0 Å². The van der Waals surface area contributed by atoms with Crippen LogP contribution in [-0.4, -0.2) is 34.8 Å². The van der Waals surface area contributed by atoms with Gasteiger partial charge in [0.25, 0.3) is 0 Å². The minimum absolute atomic E-state index is 0.0422. The number of aromatic nitrogens is 2. The van der Waals surface area contributed by atoms with Gasteiger partial charge in [-0.05, 0) is 36.1 Å². The lowest BCUT2D eigenvalue weighted by atomic mass is 10.1. The quantitative estimate of drug-likeness (QED) is 0.534. The van der Waals surface area contributed by atoms with E-state index in [-0.39, 0.29) is 11.9 Å². The zero-order chi connectivity index (χ0) is 17.9. The molecule has 4 rings (SSSR count). The van der Waals surface area contributed by atoms with E-state index in [1.165, 1.54) is 18.1 Å². The van der Waals surface area contributed by atoms with Crippen LogP contribution in [0.1, 0.15) is 18.5 Å². The number of ether oxygens (including phenoxy) is 2. The normalized spacial score (nSPS) is 14.2. The van der Waals surface area contributed by atoms with Crippen LogP contribution in [-0.2, 0) is 4.79 Å². The van der Waals surface area contributed by atoms with Gasteiger partial charge in [0, 0.05) is 5.39 Å². The number of nitrogens with one attached hydrogen (secondary N) is 1.